The van der Waals surface area contributed by atoms with E-state index in [1.54, 1.807) is 0 Å². The van der Waals surface area contributed by atoms with Gasteiger partial charge in [-0.05, 0) is 43.4 Å². The molecule has 21 heavy (non-hydrogen) atoms. The Balaban J connectivity index is 1.64. The number of benzene rings is 1. The van der Waals surface area contributed by atoms with E-state index in [1.807, 2.05) is 0 Å². The molecular weight excluding hydrogens is 262 g/mol. The minimum atomic E-state index is 0.153. The van der Waals surface area contributed by atoms with Crippen molar-refractivity contribution in [2.75, 3.05) is 19.8 Å². The average molecular weight is 287 g/mol. The molecule has 2 aliphatic carbocycles. The number of rotatable bonds is 2. The maximum Gasteiger partial charge on any atom is 0.161 e. The number of ether oxygens (including phenoxy) is 2. The van der Waals surface area contributed by atoms with Crippen molar-refractivity contribution in [2.24, 2.45) is 11.1 Å². The highest BCUT2D eigenvalue weighted by molar-refractivity contribution is 5.46. The third kappa shape index (κ3) is 2.32. The molecule has 0 unspecified atom stereocenters. The lowest BCUT2D eigenvalue weighted by Gasteiger charge is -2.37. The maximum absolute atomic E-state index is 6.16. The molecule has 0 saturated heterocycles. The second kappa shape index (κ2) is 4.91. The molecule has 0 amide bonds. The van der Waals surface area contributed by atoms with Crippen molar-refractivity contribution in [3.05, 3.63) is 23.8 Å². The van der Waals surface area contributed by atoms with Gasteiger partial charge in [0.05, 0.1) is 13.2 Å². The molecule has 0 atom stereocenters. The van der Waals surface area contributed by atoms with Gasteiger partial charge in [0.25, 0.3) is 0 Å². The van der Waals surface area contributed by atoms with E-state index in [0.29, 0.717) is 5.41 Å². The first-order chi connectivity index (χ1) is 10.3. The number of fused-ring (bicyclic) bond motifs is 1. The van der Waals surface area contributed by atoms with Crippen molar-refractivity contribution >= 4 is 0 Å². The van der Waals surface area contributed by atoms with Crippen LogP contribution < -0.4 is 15.2 Å². The van der Waals surface area contributed by atoms with Crippen molar-refractivity contribution in [2.45, 2.75) is 50.4 Å². The van der Waals surface area contributed by atoms with Crippen LogP contribution in [-0.4, -0.2) is 19.8 Å². The first-order valence-electron chi connectivity index (χ1n) is 8.36. The maximum atomic E-state index is 6.16. The minimum Gasteiger partial charge on any atom is -0.489 e. The van der Waals surface area contributed by atoms with Gasteiger partial charge in [-0.25, -0.2) is 0 Å². The lowest BCUT2D eigenvalue weighted by atomic mass is 9.69. The monoisotopic (exact) mass is 287 g/mol. The normalized spacial score (nSPS) is 25.4. The lowest BCUT2D eigenvalue weighted by Crippen LogP contribution is -2.37. The second-order valence-electron chi connectivity index (χ2n) is 7.28. The Hall–Kier alpha value is -1.22. The Morgan fingerprint density at radius 2 is 1.62 bits per heavy atom. The molecule has 2 N–H and O–H groups in total. The molecule has 4 rings (SSSR count). The topological polar surface area (TPSA) is 44.5 Å². The van der Waals surface area contributed by atoms with Gasteiger partial charge in [-0.3, -0.25) is 0 Å². The van der Waals surface area contributed by atoms with E-state index >= 15 is 0 Å². The summed E-state index contributed by atoms with van der Waals surface area (Å²) in [5.74, 6) is 1.83. The van der Waals surface area contributed by atoms with E-state index in [2.05, 4.69) is 18.2 Å². The van der Waals surface area contributed by atoms with Crippen LogP contribution in [0.2, 0.25) is 0 Å². The van der Waals surface area contributed by atoms with E-state index in [1.165, 1.54) is 50.5 Å². The van der Waals surface area contributed by atoms with E-state index in [9.17, 15) is 0 Å². The summed E-state index contributed by atoms with van der Waals surface area (Å²) in [5, 5.41) is 0. The summed E-state index contributed by atoms with van der Waals surface area (Å²) in [4.78, 5) is 0. The highest BCUT2D eigenvalue weighted by atomic mass is 16.5. The van der Waals surface area contributed by atoms with Gasteiger partial charge in [0.2, 0.25) is 0 Å². The van der Waals surface area contributed by atoms with Gasteiger partial charge in [0.1, 0.15) is 0 Å². The number of hydrogen-bond donors (Lipinski definition) is 1. The highest BCUT2D eigenvalue weighted by Crippen LogP contribution is 2.50. The van der Waals surface area contributed by atoms with E-state index < -0.39 is 0 Å². The smallest absolute Gasteiger partial charge is 0.161 e. The molecule has 1 aliphatic heterocycles. The number of hydrogen-bond acceptors (Lipinski definition) is 3. The molecule has 114 valence electrons. The van der Waals surface area contributed by atoms with Crippen LogP contribution >= 0.6 is 0 Å². The zero-order chi connectivity index (χ0) is 14.3. The molecule has 3 nitrogen and oxygen atoms in total. The fourth-order valence-electron chi connectivity index (χ4n) is 3.88. The van der Waals surface area contributed by atoms with Gasteiger partial charge >= 0.3 is 0 Å². The van der Waals surface area contributed by atoms with Crippen molar-refractivity contribution in [3.8, 4) is 11.5 Å². The molecular formula is C18H25NO2. The third-order valence-corrected chi connectivity index (χ3v) is 5.78. The van der Waals surface area contributed by atoms with Crippen LogP contribution in [0.1, 0.15) is 50.5 Å². The fourth-order valence-corrected chi connectivity index (χ4v) is 3.88. The molecule has 1 aromatic carbocycles. The molecule has 1 heterocycles. The fraction of sp³-hybridized carbons (Fsp3) is 0.667. The third-order valence-electron chi connectivity index (χ3n) is 5.78. The molecule has 0 bridgehead atoms. The Labute approximate surface area is 126 Å². The predicted octanol–water partition coefficient (Wildman–Crippen LogP) is 3.40. The SMILES string of the molecule is NCC1(c2ccc3c(c2)OCC2(CC2)CO3)CCCCC1. The summed E-state index contributed by atoms with van der Waals surface area (Å²) in [7, 11) is 0. The largest absolute Gasteiger partial charge is 0.489 e. The van der Waals surface area contributed by atoms with Crippen molar-refractivity contribution < 1.29 is 9.47 Å². The predicted molar refractivity (Wildman–Crippen MR) is 82.9 cm³/mol. The van der Waals surface area contributed by atoms with Crippen molar-refractivity contribution in [1.82, 2.24) is 0 Å². The molecule has 0 aromatic heterocycles. The highest BCUT2D eigenvalue weighted by Gasteiger charge is 2.46. The zero-order valence-corrected chi connectivity index (χ0v) is 12.7. The summed E-state index contributed by atoms with van der Waals surface area (Å²) < 4.78 is 12.1. The first kappa shape index (κ1) is 13.4. The zero-order valence-electron chi connectivity index (χ0n) is 12.7. The Bertz CT molecular complexity index is 530. The summed E-state index contributed by atoms with van der Waals surface area (Å²) in [5.41, 5.74) is 7.96. The van der Waals surface area contributed by atoms with Gasteiger partial charge in [0, 0.05) is 17.4 Å². The average Bonchev–Trinajstić information content (AvgIpc) is 3.35. The Kier molecular flexibility index (Phi) is 3.14. The van der Waals surface area contributed by atoms with Gasteiger partial charge in [-0.2, -0.15) is 0 Å². The molecule has 1 aromatic rings. The quantitative estimate of drug-likeness (QED) is 0.906. The molecule has 2 fully saturated rings. The summed E-state index contributed by atoms with van der Waals surface area (Å²) >= 11 is 0. The summed E-state index contributed by atoms with van der Waals surface area (Å²) in [6.07, 6.45) is 8.79. The van der Waals surface area contributed by atoms with Gasteiger partial charge in [0.15, 0.2) is 11.5 Å². The molecule has 3 heteroatoms. The van der Waals surface area contributed by atoms with Crippen LogP contribution in [-0.2, 0) is 5.41 Å². The first-order valence-corrected chi connectivity index (χ1v) is 8.36. The van der Waals surface area contributed by atoms with E-state index in [4.69, 9.17) is 15.2 Å². The standard InChI is InChI=1S/C18H25NO2/c19-11-18(6-2-1-3-7-18)14-4-5-15-16(10-14)21-13-17(8-9-17)12-20-15/h4-5,10H,1-3,6-9,11-13,19H2. The Morgan fingerprint density at radius 3 is 2.29 bits per heavy atom. The van der Waals surface area contributed by atoms with Crippen LogP contribution in [0.25, 0.3) is 0 Å². The van der Waals surface area contributed by atoms with Gasteiger partial charge in [-0.1, -0.05) is 25.3 Å². The van der Waals surface area contributed by atoms with Gasteiger partial charge in [-0.15, -0.1) is 0 Å². The van der Waals surface area contributed by atoms with Crippen LogP contribution in [0.5, 0.6) is 11.5 Å². The van der Waals surface area contributed by atoms with Crippen LogP contribution in [0.3, 0.4) is 0 Å². The summed E-state index contributed by atoms with van der Waals surface area (Å²) in [6, 6.07) is 6.51. The minimum absolute atomic E-state index is 0.153. The van der Waals surface area contributed by atoms with Crippen LogP contribution in [0, 0.1) is 5.41 Å². The number of nitrogens with two attached hydrogens (primary N) is 1. The molecule has 0 radical (unpaired) electrons. The summed E-state index contributed by atoms with van der Waals surface area (Å²) in [6.45, 7) is 2.34. The van der Waals surface area contributed by atoms with Crippen molar-refractivity contribution in [3.63, 3.8) is 0 Å². The van der Waals surface area contributed by atoms with Crippen molar-refractivity contribution in [1.29, 1.82) is 0 Å². The van der Waals surface area contributed by atoms with Crippen LogP contribution in [0.15, 0.2) is 18.2 Å². The molecule has 1 spiro atoms. The molecule has 3 aliphatic rings. The Morgan fingerprint density at radius 1 is 0.905 bits per heavy atom. The van der Waals surface area contributed by atoms with Gasteiger partial charge < -0.3 is 15.2 Å². The van der Waals surface area contributed by atoms with E-state index in [0.717, 1.165) is 31.3 Å². The molecule has 2 saturated carbocycles. The second-order valence-corrected chi connectivity index (χ2v) is 7.28. The lowest BCUT2D eigenvalue weighted by molar-refractivity contribution is 0.197. The van der Waals surface area contributed by atoms with E-state index in [-0.39, 0.29) is 5.41 Å². The van der Waals surface area contributed by atoms with Crippen LogP contribution in [0.4, 0.5) is 0 Å².